The van der Waals surface area contributed by atoms with Crippen LogP contribution in [0.1, 0.15) is 21.5 Å². The number of nitrogens with zero attached hydrogens (tertiary/aromatic N) is 1. The van der Waals surface area contributed by atoms with Gasteiger partial charge in [0.1, 0.15) is 5.82 Å². The molecule has 86 valence electrons. The fraction of sp³-hybridized carbons (Fsp3) is 0.0769. The lowest BCUT2D eigenvalue weighted by Gasteiger charge is -2.04. The summed E-state index contributed by atoms with van der Waals surface area (Å²) in [6.07, 6.45) is 3.00. The van der Waals surface area contributed by atoms with Gasteiger partial charge in [-0.2, -0.15) is 0 Å². The highest BCUT2D eigenvalue weighted by Crippen LogP contribution is 2.17. The Morgan fingerprint density at radius 2 is 2.06 bits per heavy atom. The van der Waals surface area contributed by atoms with Crippen molar-refractivity contribution < 1.29 is 9.18 Å². The fourth-order valence-corrected chi connectivity index (χ4v) is 1.87. The van der Waals surface area contributed by atoms with Crippen molar-refractivity contribution in [1.29, 1.82) is 0 Å². The number of hydrogen-bond acceptors (Lipinski definition) is 2. The third kappa shape index (κ3) is 2.58. The van der Waals surface area contributed by atoms with E-state index in [0.29, 0.717) is 10.0 Å². The van der Waals surface area contributed by atoms with Gasteiger partial charge in [-0.1, -0.05) is 11.6 Å². The Kier molecular flexibility index (Phi) is 3.33. The van der Waals surface area contributed by atoms with Gasteiger partial charge in [-0.25, -0.2) is 4.39 Å². The summed E-state index contributed by atoms with van der Waals surface area (Å²) in [5, 5.41) is 0. The van der Waals surface area contributed by atoms with Gasteiger partial charge in [0.2, 0.25) is 0 Å². The molecule has 0 unspecified atom stereocenters. The molecule has 0 atom stereocenters. The highest BCUT2D eigenvalue weighted by atomic mass is 79.9. The van der Waals surface area contributed by atoms with Crippen LogP contribution in [-0.2, 0) is 0 Å². The van der Waals surface area contributed by atoms with Crippen molar-refractivity contribution in [3.05, 3.63) is 63.6 Å². The molecule has 0 aliphatic heterocycles. The Balaban J connectivity index is 2.47. The zero-order valence-electron chi connectivity index (χ0n) is 9.08. The Bertz CT molecular complexity index is 583. The lowest BCUT2D eigenvalue weighted by molar-refractivity contribution is 0.103. The van der Waals surface area contributed by atoms with Gasteiger partial charge in [-0.15, -0.1) is 0 Å². The summed E-state index contributed by atoms with van der Waals surface area (Å²) in [7, 11) is 0. The number of hydrogen-bond donors (Lipinski definition) is 0. The van der Waals surface area contributed by atoms with Crippen LogP contribution < -0.4 is 0 Å². The Morgan fingerprint density at radius 1 is 1.29 bits per heavy atom. The van der Waals surface area contributed by atoms with Crippen LogP contribution in [0.5, 0.6) is 0 Å². The fourth-order valence-electron chi connectivity index (χ4n) is 1.50. The van der Waals surface area contributed by atoms with Crippen molar-refractivity contribution in [2.75, 3.05) is 0 Å². The van der Waals surface area contributed by atoms with Crippen molar-refractivity contribution in [2.45, 2.75) is 6.92 Å². The summed E-state index contributed by atoms with van der Waals surface area (Å²) in [6.45, 7) is 1.81. The van der Waals surface area contributed by atoms with E-state index in [-0.39, 0.29) is 11.3 Å². The van der Waals surface area contributed by atoms with Crippen molar-refractivity contribution in [3.8, 4) is 0 Å². The number of aryl methyl sites for hydroxylation is 1. The van der Waals surface area contributed by atoms with Gasteiger partial charge in [0.15, 0.2) is 5.78 Å². The molecule has 0 fully saturated rings. The van der Waals surface area contributed by atoms with Gasteiger partial charge in [0, 0.05) is 22.4 Å². The molecular weight excluding hydrogens is 285 g/mol. The molecular formula is C13H9BrFNO. The van der Waals surface area contributed by atoms with E-state index in [1.54, 1.807) is 24.4 Å². The number of rotatable bonds is 2. The van der Waals surface area contributed by atoms with Crippen LogP contribution in [0.25, 0.3) is 0 Å². The molecule has 4 heteroatoms. The smallest absolute Gasteiger partial charge is 0.197 e. The van der Waals surface area contributed by atoms with E-state index in [1.165, 1.54) is 12.3 Å². The summed E-state index contributed by atoms with van der Waals surface area (Å²) < 4.78 is 14.2. The van der Waals surface area contributed by atoms with E-state index < -0.39 is 5.82 Å². The van der Waals surface area contributed by atoms with Crippen LogP contribution in [0.2, 0.25) is 0 Å². The topological polar surface area (TPSA) is 30.0 Å². The summed E-state index contributed by atoms with van der Waals surface area (Å²) in [5.41, 5.74) is 1.28. The lowest BCUT2D eigenvalue weighted by atomic mass is 10.0. The van der Waals surface area contributed by atoms with Crippen molar-refractivity contribution in [3.63, 3.8) is 0 Å². The molecule has 0 amide bonds. The highest BCUT2D eigenvalue weighted by Gasteiger charge is 2.14. The summed E-state index contributed by atoms with van der Waals surface area (Å²) >= 11 is 3.23. The molecule has 1 heterocycles. The molecule has 0 N–H and O–H groups in total. The second kappa shape index (κ2) is 4.75. The molecule has 0 aliphatic rings. The molecule has 1 aromatic carbocycles. The third-order valence-corrected chi connectivity index (χ3v) is 2.77. The highest BCUT2D eigenvalue weighted by molar-refractivity contribution is 9.10. The lowest BCUT2D eigenvalue weighted by Crippen LogP contribution is -2.05. The molecule has 2 rings (SSSR count). The van der Waals surface area contributed by atoms with Crippen LogP contribution in [0.3, 0.4) is 0 Å². The quantitative estimate of drug-likeness (QED) is 0.793. The van der Waals surface area contributed by atoms with Crippen LogP contribution in [0, 0.1) is 12.7 Å². The van der Waals surface area contributed by atoms with E-state index in [9.17, 15) is 9.18 Å². The van der Waals surface area contributed by atoms with Gasteiger partial charge >= 0.3 is 0 Å². The minimum atomic E-state index is -0.513. The van der Waals surface area contributed by atoms with Crippen LogP contribution in [-0.4, -0.2) is 10.8 Å². The second-order valence-electron chi connectivity index (χ2n) is 3.70. The minimum absolute atomic E-state index is 0.0740. The zero-order valence-corrected chi connectivity index (χ0v) is 10.7. The number of pyridine rings is 1. The molecule has 0 bridgehead atoms. The normalized spacial score (nSPS) is 10.3. The maximum Gasteiger partial charge on any atom is 0.197 e. The molecule has 1 aromatic heterocycles. The maximum atomic E-state index is 13.6. The Morgan fingerprint density at radius 3 is 2.76 bits per heavy atom. The number of carbonyl (C=O) groups excluding carboxylic acids is 1. The molecule has 0 saturated heterocycles. The summed E-state index contributed by atoms with van der Waals surface area (Å²) in [6, 6.07) is 6.09. The van der Waals surface area contributed by atoms with Crippen LogP contribution in [0.15, 0.2) is 41.1 Å². The molecule has 2 nitrogen and oxygen atoms in total. The zero-order chi connectivity index (χ0) is 12.4. The first kappa shape index (κ1) is 11.9. The van der Waals surface area contributed by atoms with E-state index in [0.717, 1.165) is 5.56 Å². The number of aromatic nitrogens is 1. The average molecular weight is 294 g/mol. The average Bonchev–Trinajstić information content (AvgIpc) is 2.31. The van der Waals surface area contributed by atoms with Gasteiger partial charge < -0.3 is 0 Å². The molecule has 2 aromatic rings. The molecule has 0 saturated carbocycles. The third-order valence-electron chi connectivity index (χ3n) is 2.33. The number of carbonyl (C=O) groups is 1. The van der Waals surface area contributed by atoms with E-state index >= 15 is 0 Å². The van der Waals surface area contributed by atoms with Gasteiger partial charge in [0.05, 0.1) is 5.56 Å². The van der Waals surface area contributed by atoms with Gasteiger partial charge in [0.25, 0.3) is 0 Å². The van der Waals surface area contributed by atoms with E-state index in [2.05, 4.69) is 20.9 Å². The van der Waals surface area contributed by atoms with Crippen LogP contribution >= 0.6 is 15.9 Å². The van der Waals surface area contributed by atoms with Crippen LogP contribution in [0.4, 0.5) is 4.39 Å². The first-order valence-electron chi connectivity index (χ1n) is 4.99. The predicted octanol–water partition coefficient (Wildman–Crippen LogP) is 3.52. The van der Waals surface area contributed by atoms with E-state index in [1.807, 2.05) is 6.92 Å². The number of benzene rings is 1. The molecule has 0 aliphatic carbocycles. The van der Waals surface area contributed by atoms with Gasteiger partial charge in [-0.05, 0) is 41.1 Å². The first-order valence-corrected chi connectivity index (χ1v) is 5.78. The standard InChI is InChI=1S/C13H9BrFNO/c1-8-2-3-12(15)11(4-8)13(17)9-5-10(14)7-16-6-9/h2-7H,1H3. The monoisotopic (exact) mass is 293 g/mol. The van der Waals surface area contributed by atoms with Gasteiger partial charge in [-0.3, -0.25) is 9.78 Å². The largest absolute Gasteiger partial charge is 0.288 e. The number of ketones is 1. The minimum Gasteiger partial charge on any atom is -0.288 e. The molecule has 0 spiro atoms. The van der Waals surface area contributed by atoms with Crippen molar-refractivity contribution >= 4 is 21.7 Å². The van der Waals surface area contributed by atoms with E-state index in [4.69, 9.17) is 0 Å². The summed E-state index contributed by atoms with van der Waals surface area (Å²) in [5.74, 6) is -0.874. The molecule has 0 radical (unpaired) electrons. The number of halogens is 2. The second-order valence-corrected chi connectivity index (χ2v) is 4.62. The predicted molar refractivity (Wildman–Crippen MR) is 66.5 cm³/mol. The Hall–Kier alpha value is -1.55. The van der Waals surface area contributed by atoms with Crippen molar-refractivity contribution in [2.24, 2.45) is 0 Å². The van der Waals surface area contributed by atoms with Crippen molar-refractivity contribution in [1.82, 2.24) is 4.98 Å². The molecule has 17 heavy (non-hydrogen) atoms. The summed E-state index contributed by atoms with van der Waals surface area (Å²) in [4.78, 5) is 16.0. The Labute approximate surface area is 107 Å². The maximum absolute atomic E-state index is 13.6. The first-order chi connectivity index (χ1) is 8.08. The SMILES string of the molecule is Cc1ccc(F)c(C(=O)c2cncc(Br)c2)c1.